The van der Waals surface area contributed by atoms with Crippen molar-refractivity contribution in [2.24, 2.45) is 5.92 Å². The van der Waals surface area contributed by atoms with E-state index in [1.165, 1.54) is 23.5 Å². The second kappa shape index (κ2) is 11.1. The van der Waals surface area contributed by atoms with Gasteiger partial charge in [0.25, 0.3) is 5.91 Å². The van der Waals surface area contributed by atoms with Gasteiger partial charge in [-0.25, -0.2) is 13.4 Å². The number of thiazole rings is 1. The van der Waals surface area contributed by atoms with Crippen LogP contribution >= 0.6 is 23.7 Å². The topological polar surface area (TPSA) is 92.3 Å². The molecule has 9 nitrogen and oxygen atoms in total. The lowest BCUT2D eigenvalue weighted by atomic mass is 10.0. The molecule has 0 spiro atoms. The van der Waals surface area contributed by atoms with E-state index in [9.17, 15) is 13.2 Å². The number of aromatic nitrogens is 1. The molecule has 200 valence electrons. The fraction of sp³-hybridized carbons (Fsp3) is 0.440. The molecular formula is C25H31ClN4O5S2. The Morgan fingerprint density at radius 1 is 1.14 bits per heavy atom. The number of amides is 1. The fourth-order valence-corrected chi connectivity index (χ4v) is 7.04. The van der Waals surface area contributed by atoms with Crippen molar-refractivity contribution >= 4 is 55.0 Å². The van der Waals surface area contributed by atoms with Crippen molar-refractivity contribution in [1.82, 2.24) is 14.2 Å². The zero-order valence-electron chi connectivity index (χ0n) is 21.0. The van der Waals surface area contributed by atoms with E-state index >= 15 is 0 Å². The molecule has 3 heterocycles. The van der Waals surface area contributed by atoms with Crippen molar-refractivity contribution in [3.05, 3.63) is 42.0 Å². The van der Waals surface area contributed by atoms with Crippen molar-refractivity contribution < 1.29 is 22.7 Å². The third kappa shape index (κ3) is 5.70. The molecule has 1 saturated heterocycles. The average molecular weight is 567 g/mol. The van der Waals surface area contributed by atoms with E-state index in [-0.39, 0.29) is 30.0 Å². The van der Waals surface area contributed by atoms with Gasteiger partial charge in [-0.05, 0) is 57.1 Å². The predicted octanol–water partition coefficient (Wildman–Crippen LogP) is 4.08. The number of carbonyl (C=O) groups is 1. The summed E-state index contributed by atoms with van der Waals surface area (Å²) >= 11 is 1.41. The molecule has 37 heavy (non-hydrogen) atoms. The van der Waals surface area contributed by atoms with E-state index in [2.05, 4.69) is 6.92 Å². The van der Waals surface area contributed by atoms with Gasteiger partial charge in [-0.15, -0.1) is 12.4 Å². The lowest BCUT2D eigenvalue weighted by molar-refractivity contribution is 0.0985. The quantitative estimate of drug-likeness (QED) is 0.425. The van der Waals surface area contributed by atoms with Crippen LogP contribution in [0.1, 0.15) is 30.1 Å². The molecule has 1 unspecified atom stereocenters. The van der Waals surface area contributed by atoms with Gasteiger partial charge in [0.2, 0.25) is 16.8 Å². The summed E-state index contributed by atoms with van der Waals surface area (Å²) in [5.74, 6) is 1.42. The summed E-state index contributed by atoms with van der Waals surface area (Å²) in [4.78, 5) is 22.2. The number of halogens is 1. The van der Waals surface area contributed by atoms with Crippen LogP contribution in [0.4, 0.5) is 5.13 Å². The molecule has 3 aromatic rings. The minimum Gasteiger partial charge on any atom is -0.454 e. The van der Waals surface area contributed by atoms with Gasteiger partial charge in [0.05, 0.1) is 15.1 Å². The first-order valence-corrected chi connectivity index (χ1v) is 14.2. The monoisotopic (exact) mass is 566 g/mol. The van der Waals surface area contributed by atoms with Crippen LogP contribution in [-0.2, 0) is 10.0 Å². The highest BCUT2D eigenvalue weighted by Crippen LogP contribution is 2.40. The molecule has 0 aliphatic carbocycles. The number of rotatable bonds is 7. The van der Waals surface area contributed by atoms with E-state index < -0.39 is 10.0 Å². The molecule has 2 aliphatic rings. The molecule has 12 heteroatoms. The number of carbonyl (C=O) groups excluding carboxylic acids is 1. The van der Waals surface area contributed by atoms with Crippen molar-refractivity contribution in [2.45, 2.75) is 24.7 Å². The van der Waals surface area contributed by atoms with Crippen LogP contribution in [0, 0.1) is 5.92 Å². The third-order valence-corrected chi connectivity index (χ3v) is 9.40. The van der Waals surface area contributed by atoms with Gasteiger partial charge in [0.1, 0.15) is 0 Å². The fourth-order valence-electron chi connectivity index (χ4n) is 4.44. The number of ether oxygens (including phenoxy) is 2. The number of fused-ring (bicyclic) bond motifs is 2. The van der Waals surface area contributed by atoms with Crippen LogP contribution in [0.15, 0.2) is 41.3 Å². The maximum absolute atomic E-state index is 13.6. The van der Waals surface area contributed by atoms with Crippen LogP contribution in [0.25, 0.3) is 10.2 Å². The SMILES string of the molecule is CC1CCCN(S(=O)(=O)c2ccc(C(=O)N(CCN(C)C)c3nc4cc5c(cc4s3)OCO5)cc2)C1.Cl. The average Bonchev–Trinajstić information content (AvgIpc) is 3.48. The van der Waals surface area contributed by atoms with E-state index in [1.54, 1.807) is 21.3 Å². The molecule has 2 aliphatic heterocycles. The summed E-state index contributed by atoms with van der Waals surface area (Å²) in [5, 5.41) is 0.569. The van der Waals surface area contributed by atoms with Crippen LogP contribution in [0.3, 0.4) is 0 Å². The second-order valence-corrected chi connectivity index (χ2v) is 12.5. The van der Waals surface area contributed by atoms with Crippen LogP contribution in [0.2, 0.25) is 0 Å². The Morgan fingerprint density at radius 3 is 2.51 bits per heavy atom. The molecule has 0 radical (unpaired) electrons. The van der Waals surface area contributed by atoms with E-state index in [4.69, 9.17) is 14.5 Å². The van der Waals surface area contributed by atoms with Gasteiger partial charge in [0, 0.05) is 43.9 Å². The molecular weight excluding hydrogens is 536 g/mol. The summed E-state index contributed by atoms with van der Waals surface area (Å²) in [7, 11) is 0.305. The highest BCUT2D eigenvalue weighted by molar-refractivity contribution is 7.89. The normalized spacial score (nSPS) is 17.7. The van der Waals surface area contributed by atoms with Crippen LogP contribution in [0.5, 0.6) is 11.5 Å². The Balaban J connectivity index is 0.00000320. The number of hydrogen-bond acceptors (Lipinski definition) is 8. The maximum atomic E-state index is 13.6. The highest BCUT2D eigenvalue weighted by atomic mass is 35.5. The van der Waals surface area contributed by atoms with Crippen LogP contribution in [-0.4, -0.2) is 75.6 Å². The lowest BCUT2D eigenvalue weighted by Crippen LogP contribution is -2.39. The van der Waals surface area contributed by atoms with Gasteiger partial charge in [-0.3, -0.25) is 9.69 Å². The molecule has 0 saturated carbocycles. The zero-order chi connectivity index (χ0) is 25.4. The number of hydrogen-bond donors (Lipinski definition) is 0. The molecule has 0 bridgehead atoms. The van der Waals surface area contributed by atoms with Gasteiger partial charge < -0.3 is 14.4 Å². The number of likely N-dealkylation sites (N-methyl/N-ethyl adjacent to an activating group) is 1. The van der Waals surface area contributed by atoms with Gasteiger partial charge in [-0.1, -0.05) is 18.3 Å². The maximum Gasteiger partial charge on any atom is 0.260 e. The van der Waals surface area contributed by atoms with Crippen molar-refractivity contribution in [3.63, 3.8) is 0 Å². The highest BCUT2D eigenvalue weighted by Gasteiger charge is 2.29. The van der Waals surface area contributed by atoms with Gasteiger partial charge in [-0.2, -0.15) is 4.31 Å². The molecule has 5 rings (SSSR count). The smallest absolute Gasteiger partial charge is 0.260 e. The summed E-state index contributed by atoms with van der Waals surface area (Å²) in [6.07, 6.45) is 1.90. The first kappa shape index (κ1) is 27.6. The molecule has 0 N–H and O–H groups in total. The Hall–Kier alpha value is -2.44. The molecule has 2 aromatic carbocycles. The lowest BCUT2D eigenvalue weighted by Gasteiger charge is -2.30. The zero-order valence-corrected chi connectivity index (χ0v) is 23.5. The Kier molecular flexibility index (Phi) is 8.29. The van der Waals surface area contributed by atoms with E-state index in [0.717, 1.165) is 23.1 Å². The van der Waals surface area contributed by atoms with Crippen molar-refractivity contribution in [2.75, 3.05) is 52.0 Å². The largest absolute Gasteiger partial charge is 0.454 e. The Labute approximate surface area is 227 Å². The van der Waals surface area contributed by atoms with Gasteiger partial charge in [0.15, 0.2) is 16.6 Å². The van der Waals surface area contributed by atoms with E-state index in [0.29, 0.717) is 54.3 Å². The standard InChI is InChI=1S/C25H30N4O5S2.ClH/c1-17-5-4-10-28(15-17)36(31,32)19-8-6-18(7-9-19)24(30)29(12-11-27(2)3)25-26-20-13-21-22(34-16-33-21)14-23(20)35-25;/h6-9,13-14,17H,4-5,10-12,15-16H2,1-3H3;1H. The van der Waals surface area contributed by atoms with E-state index in [1.807, 2.05) is 31.1 Å². The predicted molar refractivity (Wildman–Crippen MR) is 147 cm³/mol. The minimum atomic E-state index is -3.59. The summed E-state index contributed by atoms with van der Waals surface area (Å²) in [6.45, 7) is 4.40. The van der Waals surface area contributed by atoms with Gasteiger partial charge >= 0.3 is 0 Å². The first-order chi connectivity index (χ1) is 17.2. The Bertz CT molecular complexity index is 1340. The Morgan fingerprint density at radius 2 is 1.84 bits per heavy atom. The number of benzene rings is 2. The number of anilines is 1. The third-order valence-electron chi connectivity index (χ3n) is 6.48. The molecule has 1 atom stereocenters. The van der Waals surface area contributed by atoms with Crippen molar-refractivity contribution in [1.29, 1.82) is 0 Å². The molecule has 1 amide bonds. The summed E-state index contributed by atoms with van der Waals surface area (Å²) < 4.78 is 39.6. The number of piperidine rings is 1. The number of sulfonamides is 1. The minimum absolute atomic E-state index is 0. The molecule has 1 aromatic heterocycles. The van der Waals surface area contributed by atoms with Crippen LogP contribution < -0.4 is 14.4 Å². The first-order valence-electron chi connectivity index (χ1n) is 12.0. The molecule has 1 fully saturated rings. The number of nitrogens with zero attached hydrogens (tertiary/aromatic N) is 4. The summed E-state index contributed by atoms with van der Waals surface area (Å²) in [5.41, 5.74) is 1.15. The second-order valence-electron chi connectivity index (χ2n) is 9.56. The summed E-state index contributed by atoms with van der Waals surface area (Å²) in [6, 6.07) is 9.96. The van der Waals surface area contributed by atoms with Crippen molar-refractivity contribution in [3.8, 4) is 11.5 Å².